The minimum atomic E-state index is -0.288. The number of amides is 1. The number of fused-ring (bicyclic) bond motifs is 3. The maximum Gasteiger partial charge on any atom is 0.263 e. The SMILES string of the molecule is C=CCn1c(=O)c2ccccc2n2c(SCC(=O)N=c3ccccn3Cc3ccccc3)nnc12. The van der Waals surface area contributed by atoms with E-state index in [1.807, 2.05) is 77.5 Å². The van der Waals surface area contributed by atoms with E-state index in [4.69, 9.17) is 0 Å². The average Bonchev–Trinajstić information content (AvgIpc) is 3.31. The molecule has 0 spiro atoms. The fourth-order valence-electron chi connectivity index (χ4n) is 3.89. The molecule has 0 aliphatic heterocycles. The molecule has 3 aromatic heterocycles. The predicted octanol–water partition coefficient (Wildman–Crippen LogP) is 3.30. The highest BCUT2D eigenvalue weighted by Crippen LogP contribution is 2.21. The van der Waals surface area contributed by atoms with Gasteiger partial charge >= 0.3 is 0 Å². The van der Waals surface area contributed by atoms with Gasteiger partial charge in [0.1, 0.15) is 5.49 Å². The number of hydrogen-bond acceptors (Lipinski definition) is 5. The van der Waals surface area contributed by atoms with Crippen LogP contribution in [0.4, 0.5) is 0 Å². The summed E-state index contributed by atoms with van der Waals surface area (Å²) < 4.78 is 5.26. The largest absolute Gasteiger partial charge is 0.328 e. The summed E-state index contributed by atoms with van der Waals surface area (Å²) >= 11 is 1.24. The van der Waals surface area contributed by atoms with Crippen LogP contribution in [0.25, 0.3) is 16.7 Å². The smallest absolute Gasteiger partial charge is 0.263 e. The lowest BCUT2D eigenvalue weighted by molar-refractivity contribution is -0.115. The first-order valence-corrected chi connectivity index (χ1v) is 12.0. The van der Waals surface area contributed by atoms with Crippen molar-refractivity contribution in [3.05, 3.63) is 113 Å². The van der Waals surface area contributed by atoms with Crippen molar-refractivity contribution in [1.82, 2.24) is 23.7 Å². The highest BCUT2D eigenvalue weighted by molar-refractivity contribution is 7.99. The molecule has 0 aliphatic rings. The number of benzene rings is 2. The molecule has 8 nitrogen and oxygen atoms in total. The second-order valence-corrected chi connectivity index (χ2v) is 8.75. The van der Waals surface area contributed by atoms with E-state index in [2.05, 4.69) is 21.8 Å². The zero-order chi connectivity index (χ0) is 24.2. The number of thioether (sulfide) groups is 1. The first-order chi connectivity index (χ1) is 17.2. The quantitative estimate of drug-likeness (QED) is 0.262. The van der Waals surface area contributed by atoms with Crippen LogP contribution in [0.15, 0.2) is 107 Å². The Balaban J connectivity index is 1.45. The van der Waals surface area contributed by atoms with Crippen LogP contribution in [0.2, 0.25) is 0 Å². The van der Waals surface area contributed by atoms with E-state index in [1.54, 1.807) is 16.5 Å². The third kappa shape index (κ3) is 4.58. The van der Waals surface area contributed by atoms with Gasteiger partial charge in [-0.2, -0.15) is 4.99 Å². The Bertz CT molecular complexity index is 1670. The van der Waals surface area contributed by atoms with Crippen LogP contribution in [-0.2, 0) is 17.9 Å². The lowest BCUT2D eigenvalue weighted by atomic mass is 10.2. The Morgan fingerprint density at radius 3 is 2.60 bits per heavy atom. The standard InChI is InChI=1S/C26H22N6O2S/c1-2-15-31-24(34)20-12-6-7-13-21(20)32-25(31)28-29-26(32)35-18-23(33)27-22-14-8-9-16-30(22)17-19-10-4-3-5-11-19/h2-14,16H,1,15,17-18H2. The molecule has 5 rings (SSSR count). The molecule has 1 amide bonds. The average molecular weight is 483 g/mol. The molecule has 0 radical (unpaired) electrons. The van der Waals surface area contributed by atoms with Gasteiger partial charge in [-0.25, -0.2) is 0 Å². The molecule has 0 aliphatic carbocycles. The normalized spacial score (nSPS) is 11.8. The van der Waals surface area contributed by atoms with Gasteiger partial charge in [0.2, 0.25) is 5.78 Å². The molecule has 35 heavy (non-hydrogen) atoms. The second kappa shape index (κ2) is 9.94. The molecule has 0 saturated heterocycles. The van der Waals surface area contributed by atoms with E-state index in [-0.39, 0.29) is 17.2 Å². The Hall–Kier alpha value is -4.24. The third-order valence-electron chi connectivity index (χ3n) is 5.47. The van der Waals surface area contributed by atoms with Gasteiger partial charge in [-0.05, 0) is 29.8 Å². The highest BCUT2D eigenvalue weighted by Gasteiger charge is 2.17. The Kier molecular flexibility index (Phi) is 6.40. The van der Waals surface area contributed by atoms with Crippen LogP contribution in [0, 0.1) is 0 Å². The van der Waals surface area contributed by atoms with Gasteiger partial charge in [-0.15, -0.1) is 16.8 Å². The van der Waals surface area contributed by atoms with Crippen molar-refractivity contribution in [2.24, 2.45) is 4.99 Å². The van der Waals surface area contributed by atoms with Crippen LogP contribution in [0.1, 0.15) is 5.56 Å². The summed E-state index contributed by atoms with van der Waals surface area (Å²) in [6.07, 6.45) is 3.55. The first-order valence-electron chi connectivity index (χ1n) is 11.0. The van der Waals surface area contributed by atoms with E-state index < -0.39 is 0 Å². The number of carbonyl (C=O) groups excluding carboxylic acids is 1. The summed E-state index contributed by atoms with van der Waals surface area (Å²) in [7, 11) is 0. The Labute approximate surface area is 204 Å². The van der Waals surface area contributed by atoms with Crippen molar-refractivity contribution >= 4 is 34.3 Å². The summed E-state index contributed by atoms with van der Waals surface area (Å²) in [5, 5.41) is 9.56. The van der Waals surface area contributed by atoms with Gasteiger partial charge in [0.15, 0.2) is 5.16 Å². The van der Waals surface area contributed by atoms with Gasteiger partial charge in [-0.1, -0.05) is 66.4 Å². The molecule has 3 heterocycles. The van der Waals surface area contributed by atoms with Crippen LogP contribution in [0.3, 0.4) is 0 Å². The van der Waals surface area contributed by atoms with Crippen molar-refractivity contribution < 1.29 is 4.79 Å². The van der Waals surface area contributed by atoms with Crippen molar-refractivity contribution in [2.45, 2.75) is 18.2 Å². The summed E-state index contributed by atoms with van der Waals surface area (Å²) in [6.45, 7) is 4.66. The molecule has 174 valence electrons. The zero-order valence-electron chi connectivity index (χ0n) is 18.8. The van der Waals surface area contributed by atoms with Gasteiger partial charge in [-0.3, -0.25) is 18.6 Å². The number of pyridine rings is 1. The maximum absolute atomic E-state index is 12.9. The molecule has 0 unspecified atom stereocenters. The molecule has 0 fully saturated rings. The molecule has 0 N–H and O–H groups in total. The van der Waals surface area contributed by atoms with E-state index >= 15 is 0 Å². The topological polar surface area (TPSA) is 86.5 Å². The summed E-state index contributed by atoms with van der Waals surface area (Å²) in [4.78, 5) is 30.1. The molecular formula is C26H22N6O2S. The number of rotatable bonds is 7. The summed E-state index contributed by atoms with van der Waals surface area (Å²) in [5.41, 5.74) is 2.23. The van der Waals surface area contributed by atoms with E-state index in [1.165, 1.54) is 16.3 Å². The lowest BCUT2D eigenvalue weighted by Crippen LogP contribution is -2.23. The van der Waals surface area contributed by atoms with Gasteiger partial charge in [0.25, 0.3) is 11.5 Å². The van der Waals surface area contributed by atoms with Crippen molar-refractivity contribution in [2.75, 3.05) is 5.75 Å². The first kappa shape index (κ1) is 22.5. The summed E-state index contributed by atoms with van der Waals surface area (Å²) in [6, 6.07) is 22.9. The van der Waals surface area contributed by atoms with Crippen molar-refractivity contribution in [3.63, 3.8) is 0 Å². The van der Waals surface area contributed by atoms with Crippen LogP contribution in [0.5, 0.6) is 0 Å². The highest BCUT2D eigenvalue weighted by atomic mass is 32.2. The molecule has 9 heteroatoms. The van der Waals surface area contributed by atoms with Crippen molar-refractivity contribution in [3.8, 4) is 0 Å². The Morgan fingerprint density at radius 1 is 1.00 bits per heavy atom. The predicted molar refractivity (Wildman–Crippen MR) is 136 cm³/mol. The van der Waals surface area contributed by atoms with Crippen LogP contribution >= 0.6 is 11.8 Å². The van der Waals surface area contributed by atoms with Gasteiger partial charge in [0.05, 0.1) is 16.7 Å². The molecule has 2 aromatic carbocycles. The second-order valence-electron chi connectivity index (χ2n) is 7.81. The number of carbonyl (C=O) groups is 1. The fraction of sp³-hybridized carbons (Fsp3) is 0.115. The Morgan fingerprint density at radius 2 is 1.77 bits per heavy atom. The van der Waals surface area contributed by atoms with E-state index in [0.29, 0.717) is 40.4 Å². The molecule has 0 atom stereocenters. The van der Waals surface area contributed by atoms with Gasteiger partial charge < -0.3 is 4.57 Å². The number of hydrogen-bond donors (Lipinski definition) is 0. The molecule has 0 bridgehead atoms. The summed E-state index contributed by atoms with van der Waals surface area (Å²) in [5.74, 6) is 0.198. The molecule has 5 aromatic rings. The van der Waals surface area contributed by atoms with Crippen LogP contribution in [-0.4, -0.2) is 35.4 Å². The number of aromatic nitrogens is 5. The minimum Gasteiger partial charge on any atom is -0.328 e. The van der Waals surface area contributed by atoms with E-state index in [9.17, 15) is 9.59 Å². The van der Waals surface area contributed by atoms with Gasteiger partial charge in [0, 0.05) is 19.3 Å². The minimum absolute atomic E-state index is 0.0793. The number of allylic oxidation sites excluding steroid dienone is 1. The lowest BCUT2D eigenvalue weighted by Gasteiger charge is -2.09. The number of nitrogens with zero attached hydrogens (tertiary/aromatic N) is 6. The molecular weight excluding hydrogens is 460 g/mol. The molecule has 0 saturated carbocycles. The zero-order valence-corrected chi connectivity index (χ0v) is 19.6. The van der Waals surface area contributed by atoms with E-state index in [0.717, 1.165) is 5.56 Å². The fourth-order valence-corrected chi connectivity index (χ4v) is 4.61. The third-order valence-corrected chi connectivity index (χ3v) is 6.38. The van der Waals surface area contributed by atoms with Crippen LogP contribution < -0.4 is 11.0 Å². The monoisotopic (exact) mass is 482 g/mol. The number of para-hydroxylation sites is 1. The van der Waals surface area contributed by atoms with Crippen molar-refractivity contribution in [1.29, 1.82) is 0 Å². The maximum atomic E-state index is 12.9.